The van der Waals surface area contributed by atoms with E-state index in [2.05, 4.69) is 5.32 Å². The summed E-state index contributed by atoms with van der Waals surface area (Å²) in [6.45, 7) is 4.33. The van der Waals surface area contributed by atoms with Crippen molar-refractivity contribution in [2.75, 3.05) is 26.9 Å². The number of hydrogen-bond acceptors (Lipinski definition) is 3. The van der Waals surface area contributed by atoms with E-state index in [0.29, 0.717) is 18.0 Å². The number of carbonyl (C=O) groups is 1. The van der Waals surface area contributed by atoms with Gasteiger partial charge in [-0.2, -0.15) is 0 Å². The van der Waals surface area contributed by atoms with Crippen molar-refractivity contribution >= 4 is 5.91 Å². The topological polar surface area (TPSA) is 47.6 Å². The van der Waals surface area contributed by atoms with Gasteiger partial charge in [-0.05, 0) is 49.4 Å². The van der Waals surface area contributed by atoms with Gasteiger partial charge in [-0.25, -0.2) is 0 Å². The smallest absolute Gasteiger partial charge is 0.251 e. The van der Waals surface area contributed by atoms with Crippen molar-refractivity contribution in [3.63, 3.8) is 0 Å². The van der Waals surface area contributed by atoms with Crippen molar-refractivity contribution in [3.05, 3.63) is 29.3 Å². The molecule has 0 spiro atoms. The van der Waals surface area contributed by atoms with Crippen LogP contribution in [0.5, 0.6) is 5.75 Å². The van der Waals surface area contributed by atoms with Crippen molar-refractivity contribution < 1.29 is 14.3 Å². The summed E-state index contributed by atoms with van der Waals surface area (Å²) in [6, 6.07) is 5.47. The van der Waals surface area contributed by atoms with Gasteiger partial charge in [-0.3, -0.25) is 4.79 Å². The molecule has 1 aromatic rings. The van der Waals surface area contributed by atoms with Gasteiger partial charge in [0.05, 0.1) is 7.11 Å². The van der Waals surface area contributed by atoms with Crippen LogP contribution in [-0.4, -0.2) is 32.8 Å². The molecule has 1 heterocycles. The molecule has 0 radical (unpaired) electrons. The van der Waals surface area contributed by atoms with Gasteiger partial charge in [0.15, 0.2) is 0 Å². The summed E-state index contributed by atoms with van der Waals surface area (Å²) in [5.41, 5.74) is 1.65. The largest absolute Gasteiger partial charge is 0.496 e. The van der Waals surface area contributed by atoms with E-state index in [9.17, 15) is 4.79 Å². The zero-order chi connectivity index (χ0) is 13.7. The van der Waals surface area contributed by atoms with Gasteiger partial charge in [0.2, 0.25) is 0 Å². The molecule has 1 N–H and O–H groups in total. The van der Waals surface area contributed by atoms with E-state index >= 15 is 0 Å². The Hall–Kier alpha value is -1.55. The molecule has 1 unspecified atom stereocenters. The number of nitrogens with one attached hydrogen (secondary N) is 1. The Balaban J connectivity index is 1.83. The molecule has 1 aromatic carbocycles. The van der Waals surface area contributed by atoms with Gasteiger partial charge in [-0.1, -0.05) is 0 Å². The second kappa shape index (κ2) is 6.57. The van der Waals surface area contributed by atoms with Crippen LogP contribution >= 0.6 is 0 Å². The number of ether oxygens (including phenoxy) is 2. The summed E-state index contributed by atoms with van der Waals surface area (Å²) in [4.78, 5) is 12.0. The summed E-state index contributed by atoms with van der Waals surface area (Å²) in [6.07, 6.45) is 2.10. The highest BCUT2D eigenvalue weighted by Crippen LogP contribution is 2.18. The third kappa shape index (κ3) is 3.70. The van der Waals surface area contributed by atoms with Crippen LogP contribution in [0.25, 0.3) is 0 Å². The number of hydrogen-bond donors (Lipinski definition) is 1. The van der Waals surface area contributed by atoms with Crippen LogP contribution in [0.3, 0.4) is 0 Å². The maximum atomic E-state index is 12.0. The number of methoxy groups -OCH3 is 1. The third-order valence-electron chi connectivity index (χ3n) is 3.52. The molecule has 0 aliphatic carbocycles. The number of rotatable bonds is 5. The Morgan fingerprint density at radius 1 is 1.53 bits per heavy atom. The van der Waals surface area contributed by atoms with E-state index in [4.69, 9.17) is 9.47 Å². The molecule has 104 valence electrons. The van der Waals surface area contributed by atoms with E-state index in [1.165, 1.54) is 0 Å². The average molecular weight is 263 g/mol. The van der Waals surface area contributed by atoms with E-state index in [-0.39, 0.29) is 5.91 Å². The molecule has 0 saturated carbocycles. The second-order valence-electron chi connectivity index (χ2n) is 4.96. The number of aryl methyl sites for hydroxylation is 1. The standard InChI is InChI=1S/C15H21NO3/c1-11-9-13(3-4-14(11)18-2)15(17)16-7-5-12-6-8-19-10-12/h3-4,9,12H,5-8,10H2,1-2H3,(H,16,17). The molecule has 1 aliphatic rings. The molecule has 1 aliphatic heterocycles. The van der Waals surface area contributed by atoms with E-state index in [1.807, 2.05) is 19.1 Å². The minimum absolute atomic E-state index is 0.0235. The van der Waals surface area contributed by atoms with Gasteiger partial charge < -0.3 is 14.8 Å². The lowest BCUT2D eigenvalue weighted by Crippen LogP contribution is -2.26. The van der Waals surface area contributed by atoms with Crippen molar-refractivity contribution in [1.29, 1.82) is 0 Å². The van der Waals surface area contributed by atoms with Crippen molar-refractivity contribution in [3.8, 4) is 5.75 Å². The molecule has 1 amide bonds. The lowest BCUT2D eigenvalue weighted by atomic mass is 10.1. The van der Waals surface area contributed by atoms with Crippen molar-refractivity contribution in [1.82, 2.24) is 5.32 Å². The highest BCUT2D eigenvalue weighted by Gasteiger charge is 2.15. The molecule has 1 atom stereocenters. The second-order valence-corrected chi connectivity index (χ2v) is 4.96. The van der Waals surface area contributed by atoms with Crippen LogP contribution in [0.2, 0.25) is 0 Å². The zero-order valence-electron chi connectivity index (χ0n) is 11.6. The minimum Gasteiger partial charge on any atom is -0.496 e. The fraction of sp³-hybridized carbons (Fsp3) is 0.533. The SMILES string of the molecule is COc1ccc(C(=O)NCCC2CCOC2)cc1C. The van der Waals surface area contributed by atoms with Crippen LogP contribution < -0.4 is 10.1 Å². The van der Waals surface area contributed by atoms with Crippen LogP contribution in [-0.2, 0) is 4.74 Å². The maximum absolute atomic E-state index is 12.0. The molecular weight excluding hydrogens is 242 g/mol. The summed E-state index contributed by atoms with van der Waals surface area (Å²) < 4.78 is 10.5. The molecule has 0 bridgehead atoms. The quantitative estimate of drug-likeness (QED) is 0.885. The Labute approximate surface area is 114 Å². The normalized spacial score (nSPS) is 18.3. The van der Waals surface area contributed by atoms with Gasteiger partial charge >= 0.3 is 0 Å². The van der Waals surface area contributed by atoms with Crippen molar-refractivity contribution in [2.45, 2.75) is 19.8 Å². The minimum atomic E-state index is -0.0235. The molecule has 19 heavy (non-hydrogen) atoms. The highest BCUT2D eigenvalue weighted by molar-refractivity contribution is 5.94. The van der Waals surface area contributed by atoms with Crippen molar-refractivity contribution in [2.24, 2.45) is 5.92 Å². The van der Waals surface area contributed by atoms with Crippen LogP contribution in [0.15, 0.2) is 18.2 Å². The summed E-state index contributed by atoms with van der Waals surface area (Å²) >= 11 is 0. The van der Waals surface area contributed by atoms with E-state index in [0.717, 1.165) is 37.4 Å². The molecule has 1 fully saturated rings. The Morgan fingerprint density at radius 2 is 2.37 bits per heavy atom. The number of amides is 1. The number of carbonyl (C=O) groups excluding carboxylic acids is 1. The lowest BCUT2D eigenvalue weighted by Gasteiger charge is -2.10. The van der Waals surface area contributed by atoms with Crippen LogP contribution in [0.1, 0.15) is 28.8 Å². The zero-order valence-corrected chi connectivity index (χ0v) is 11.6. The maximum Gasteiger partial charge on any atom is 0.251 e. The number of benzene rings is 1. The van der Waals surface area contributed by atoms with Crippen LogP contribution in [0.4, 0.5) is 0 Å². The first-order chi connectivity index (χ1) is 9.20. The summed E-state index contributed by atoms with van der Waals surface area (Å²) in [7, 11) is 1.63. The fourth-order valence-corrected chi connectivity index (χ4v) is 2.32. The van der Waals surface area contributed by atoms with Gasteiger partial charge in [0.1, 0.15) is 5.75 Å². The molecule has 1 saturated heterocycles. The molecule has 4 heteroatoms. The summed E-state index contributed by atoms with van der Waals surface area (Å²) in [5, 5.41) is 2.96. The first kappa shape index (κ1) is 13.9. The Kier molecular flexibility index (Phi) is 4.80. The molecule has 2 rings (SSSR count). The predicted molar refractivity (Wildman–Crippen MR) is 73.6 cm³/mol. The Bertz CT molecular complexity index is 439. The predicted octanol–water partition coefficient (Wildman–Crippen LogP) is 2.16. The van der Waals surface area contributed by atoms with Crippen LogP contribution in [0, 0.1) is 12.8 Å². The highest BCUT2D eigenvalue weighted by atomic mass is 16.5. The van der Waals surface area contributed by atoms with Gasteiger partial charge in [-0.15, -0.1) is 0 Å². The van der Waals surface area contributed by atoms with E-state index in [1.54, 1.807) is 13.2 Å². The lowest BCUT2D eigenvalue weighted by molar-refractivity contribution is 0.0950. The molecule has 4 nitrogen and oxygen atoms in total. The Morgan fingerprint density at radius 3 is 3.00 bits per heavy atom. The third-order valence-corrected chi connectivity index (χ3v) is 3.52. The monoisotopic (exact) mass is 263 g/mol. The first-order valence-corrected chi connectivity index (χ1v) is 6.71. The molecule has 0 aromatic heterocycles. The van der Waals surface area contributed by atoms with Gasteiger partial charge in [0.25, 0.3) is 5.91 Å². The fourth-order valence-electron chi connectivity index (χ4n) is 2.32. The van der Waals surface area contributed by atoms with Gasteiger partial charge in [0, 0.05) is 25.3 Å². The summed E-state index contributed by atoms with van der Waals surface area (Å²) in [5.74, 6) is 1.38. The van der Waals surface area contributed by atoms with E-state index < -0.39 is 0 Å². The average Bonchev–Trinajstić information content (AvgIpc) is 2.91. The first-order valence-electron chi connectivity index (χ1n) is 6.71. The molecular formula is C15H21NO3.